The van der Waals surface area contributed by atoms with Crippen LogP contribution in [0.1, 0.15) is 31.5 Å². The van der Waals surface area contributed by atoms with Gasteiger partial charge in [-0.3, -0.25) is 4.79 Å². The number of aryl methyl sites for hydroxylation is 1. The van der Waals surface area contributed by atoms with Crippen molar-refractivity contribution >= 4 is 5.97 Å². The van der Waals surface area contributed by atoms with Gasteiger partial charge in [0.1, 0.15) is 5.82 Å². The van der Waals surface area contributed by atoms with Crippen LogP contribution in [0.2, 0.25) is 0 Å². The van der Waals surface area contributed by atoms with Gasteiger partial charge in [0.25, 0.3) is 0 Å². The van der Waals surface area contributed by atoms with E-state index in [2.05, 4.69) is 4.98 Å². The maximum Gasteiger partial charge on any atom is 0.304 e. The summed E-state index contributed by atoms with van der Waals surface area (Å²) in [5.41, 5.74) is 0. The number of rotatable bonds is 4. The second kappa shape index (κ2) is 4.07. The summed E-state index contributed by atoms with van der Waals surface area (Å²) < 4.78 is 1.87. The van der Waals surface area contributed by atoms with Crippen molar-refractivity contribution in [2.75, 3.05) is 0 Å². The van der Waals surface area contributed by atoms with Crippen LogP contribution in [0.4, 0.5) is 0 Å². The third kappa shape index (κ3) is 2.31. The third-order valence-electron chi connectivity index (χ3n) is 2.14. The fraction of sp³-hybridized carbons (Fsp3) is 0.556. The highest BCUT2D eigenvalue weighted by Gasteiger charge is 2.16. The van der Waals surface area contributed by atoms with E-state index < -0.39 is 5.97 Å². The van der Waals surface area contributed by atoms with E-state index in [0.29, 0.717) is 0 Å². The van der Waals surface area contributed by atoms with E-state index in [-0.39, 0.29) is 12.3 Å². The van der Waals surface area contributed by atoms with Crippen LogP contribution in [-0.4, -0.2) is 20.6 Å². The zero-order chi connectivity index (χ0) is 9.84. The van der Waals surface area contributed by atoms with E-state index in [0.717, 1.165) is 12.2 Å². The summed E-state index contributed by atoms with van der Waals surface area (Å²) in [6, 6.07) is 0. The Morgan fingerprint density at radius 1 is 1.77 bits per heavy atom. The van der Waals surface area contributed by atoms with E-state index in [9.17, 15) is 4.79 Å². The molecule has 0 saturated carbocycles. The first-order valence-electron chi connectivity index (χ1n) is 4.34. The monoisotopic (exact) mass is 182 g/mol. The highest BCUT2D eigenvalue weighted by Crippen LogP contribution is 2.20. The number of carboxylic acid groups (broad SMARTS) is 1. The molecule has 1 N–H and O–H groups in total. The summed E-state index contributed by atoms with van der Waals surface area (Å²) in [5, 5.41) is 8.67. The lowest BCUT2D eigenvalue weighted by atomic mass is 10.0. The summed E-state index contributed by atoms with van der Waals surface area (Å²) in [6.07, 6.45) is 4.48. The van der Waals surface area contributed by atoms with Crippen molar-refractivity contribution < 1.29 is 9.90 Å². The molecule has 1 atom stereocenters. The van der Waals surface area contributed by atoms with E-state index in [1.807, 2.05) is 24.7 Å². The van der Waals surface area contributed by atoms with Crippen LogP contribution in [0.15, 0.2) is 12.4 Å². The van der Waals surface area contributed by atoms with Crippen LogP contribution in [0, 0.1) is 0 Å². The molecule has 0 bridgehead atoms. The second-order valence-corrected chi connectivity index (χ2v) is 3.10. The van der Waals surface area contributed by atoms with E-state index in [4.69, 9.17) is 5.11 Å². The maximum absolute atomic E-state index is 10.5. The molecular weight excluding hydrogens is 168 g/mol. The first kappa shape index (κ1) is 9.77. The fourth-order valence-corrected chi connectivity index (χ4v) is 1.40. The average Bonchev–Trinajstić information content (AvgIpc) is 2.47. The summed E-state index contributed by atoms with van der Waals surface area (Å²) in [7, 11) is 1.88. The zero-order valence-electron chi connectivity index (χ0n) is 7.90. The summed E-state index contributed by atoms with van der Waals surface area (Å²) >= 11 is 0. The van der Waals surface area contributed by atoms with Crippen molar-refractivity contribution in [3.8, 4) is 0 Å². The molecule has 0 amide bonds. The van der Waals surface area contributed by atoms with Crippen molar-refractivity contribution in [1.29, 1.82) is 0 Å². The van der Waals surface area contributed by atoms with Crippen molar-refractivity contribution in [3.63, 3.8) is 0 Å². The molecule has 4 heteroatoms. The largest absolute Gasteiger partial charge is 0.481 e. The number of aliphatic carboxylic acids is 1. The average molecular weight is 182 g/mol. The minimum atomic E-state index is -0.769. The lowest BCUT2D eigenvalue weighted by Crippen LogP contribution is -2.10. The molecule has 1 rings (SSSR count). The fourth-order valence-electron chi connectivity index (χ4n) is 1.40. The minimum Gasteiger partial charge on any atom is -0.481 e. The third-order valence-corrected chi connectivity index (χ3v) is 2.14. The minimum absolute atomic E-state index is 0.0255. The first-order valence-corrected chi connectivity index (χ1v) is 4.34. The Balaban J connectivity index is 2.78. The Labute approximate surface area is 77.2 Å². The van der Waals surface area contributed by atoms with Crippen molar-refractivity contribution in [2.45, 2.75) is 25.7 Å². The number of imidazole rings is 1. The SMILES string of the molecule is CCC(CC(=O)O)c1nccn1C. The van der Waals surface area contributed by atoms with Crippen LogP contribution >= 0.6 is 0 Å². The Kier molecular flexibility index (Phi) is 3.06. The lowest BCUT2D eigenvalue weighted by molar-refractivity contribution is -0.137. The molecule has 1 aromatic rings. The maximum atomic E-state index is 10.5. The molecule has 1 heterocycles. The van der Waals surface area contributed by atoms with Gasteiger partial charge in [-0.2, -0.15) is 0 Å². The number of carboxylic acids is 1. The predicted molar refractivity (Wildman–Crippen MR) is 48.5 cm³/mol. The normalized spacial score (nSPS) is 12.8. The van der Waals surface area contributed by atoms with E-state index in [1.54, 1.807) is 6.20 Å². The van der Waals surface area contributed by atoms with Gasteiger partial charge >= 0.3 is 5.97 Å². The molecule has 0 aliphatic heterocycles. The van der Waals surface area contributed by atoms with Crippen LogP contribution in [0.5, 0.6) is 0 Å². The molecule has 0 aliphatic carbocycles. The second-order valence-electron chi connectivity index (χ2n) is 3.10. The van der Waals surface area contributed by atoms with Crippen molar-refractivity contribution in [1.82, 2.24) is 9.55 Å². The molecule has 0 spiro atoms. The van der Waals surface area contributed by atoms with E-state index >= 15 is 0 Å². The van der Waals surface area contributed by atoms with Gasteiger partial charge in [-0.1, -0.05) is 6.92 Å². The number of hydrogen-bond donors (Lipinski definition) is 1. The molecule has 4 nitrogen and oxygen atoms in total. The number of aromatic nitrogens is 2. The van der Waals surface area contributed by atoms with Crippen LogP contribution in [0.25, 0.3) is 0 Å². The van der Waals surface area contributed by atoms with Gasteiger partial charge in [0.2, 0.25) is 0 Å². The van der Waals surface area contributed by atoms with E-state index in [1.165, 1.54) is 0 Å². The Morgan fingerprint density at radius 2 is 2.46 bits per heavy atom. The zero-order valence-corrected chi connectivity index (χ0v) is 7.90. The number of hydrogen-bond acceptors (Lipinski definition) is 2. The molecule has 0 aromatic carbocycles. The quantitative estimate of drug-likeness (QED) is 0.765. The molecule has 1 aromatic heterocycles. The Morgan fingerprint density at radius 3 is 2.85 bits per heavy atom. The van der Waals surface area contributed by atoms with Gasteiger partial charge in [-0.25, -0.2) is 4.98 Å². The van der Waals surface area contributed by atoms with Gasteiger partial charge in [0.15, 0.2) is 0 Å². The molecule has 0 saturated heterocycles. The van der Waals surface area contributed by atoms with Gasteiger partial charge in [-0.05, 0) is 6.42 Å². The van der Waals surface area contributed by atoms with Crippen LogP contribution < -0.4 is 0 Å². The molecule has 72 valence electrons. The number of carbonyl (C=O) groups is 1. The molecular formula is C9H14N2O2. The standard InChI is InChI=1S/C9H14N2O2/c1-3-7(6-8(12)13)9-10-4-5-11(9)2/h4-5,7H,3,6H2,1-2H3,(H,12,13). The highest BCUT2D eigenvalue weighted by molar-refractivity contribution is 5.67. The van der Waals surface area contributed by atoms with Gasteiger partial charge < -0.3 is 9.67 Å². The molecule has 13 heavy (non-hydrogen) atoms. The van der Waals surface area contributed by atoms with Gasteiger partial charge in [0, 0.05) is 25.4 Å². The highest BCUT2D eigenvalue weighted by atomic mass is 16.4. The number of nitrogens with zero attached hydrogens (tertiary/aromatic N) is 2. The topological polar surface area (TPSA) is 55.1 Å². The molecule has 0 fully saturated rings. The first-order chi connectivity index (χ1) is 6.15. The molecule has 0 radical (unpaired) electrons. The van der Waals surface area contributed by atoms with Crippen molar-refractivity contribution in [3.05, 3.63) is 18.2 Å². The smallest absolute Gasteiger partial charge is 0.304 e. The summed E-state index contributed by atoms with van der Waals surface area (Å²) in [4.78, 5) is 14.7. The lowest BCUT2D eigenvalue weighted by Gasteiger charge is -2.11. The van der Waals surface area contributed by atoms with Crippen LogP contribution in [-0.2, 0) is 11.8 Å². The summed E-state index contributed by atoms with van der Waals surface area (Å²) in [6.45, 7) is 1.97. The summed E-state index contributed by atoms with van der Waals surface area (Å²) in [5.74, 6) is 0.109. The van der Waals surface area contributed by atoms with Gasteiger partial charge in [-0.15, -0.1) is 0 Å². The van der Waals surface area contributed by atoms with Crippen molar-refractivity contribution in [2.24, 2.45) is 7.05 Å². The van der Waals surface area contributed by atoms with Gasteiger partial charge in [0.05, 0.1) is 6.42 Å². The Bertz CT molecular complexity index is 294. The molecule has 0 aliphatic rings. The van der Waals surface area contributed by atoms with Crippen LogP contribution in [0.3, 0.4) is 0 Å². The Hall–Kier alpha value is -1.32. The molecule has 1 unspecified atom stereocenters. The predicted octanol–water partition coefficient (Wildman–Crippen LogP) is 1.39.